The van der Waals surface area contributed by atoms with Crippen LogP contribution in [-0.2, 0) is 4.79 Å². The normalized spacial score (nSPS) is 23.7. The van der Waals surface area contributed by atoms with Gasteiger partial charge in [0, 0.05) is 24.4 Å². The summed E-state index contributed by atoms with van der Waals surface area (Å²) in [6.45, 7) is 5.68. The van der Waals surface area contributed by atoms with Gasteiger partial charge in [-0.05, 0) is 28.1 Å². The van der Waals surface area contributed by atoms with Gasteiger partial charge in [-0.25, -0.2) is 0 Å². The van der Waals surface area contributed by atoms with E-state index in [1.807, 2.05) is 32.0 Å². The summed E-state index contributed by atoms with van der Waals surface area (Å²) in [4.78, 5) is 13.9. The summed E-state index contributed by atoms with van der Waals surface area (Å²) in [6.07, 6.45) is 0. The van der Waals surface area contributed by atoms with Gasteiger partial charge in [0.15, 0.2) is 0 Å². The van der Waals surface area contributed by atoms with E-state index in [2.05, 4.69) is 15.9 Å². The van der Waals surface area contributed by atoms with Crippen molar-refractivity contribution >= 4 is 27.5 Å². The van der Waals surface area contributed by atoms with Gasteiger partial charge in [-0.15, -0.1) is 0 Å². The molecule has 0 unspecified atom stereocenters. The molecule has 1 aliphatic rings. The predicted molar refractivity (Wildman–Crippen MR) is 77.9 cm³/mol. The molecular formula is C14H17BrN2O2. The number of halogens is 1. The van der Waals surface area contributed by atoms with Crippen LogP contribution in [0, 0.1) is 11.1 Å². The number of benzene rings is 1. The van der Waals surface area contributed by atoms with E-state index in [9.17, 15) is 10.0 Å². The average molecular weight is 325 g/mol. The molecule has 102 valence electrons. The van der Waals surface area contributed by atoms with Crippen LogP contribution in [0.2, 0.25) is 0 Å². The van der Waals surface area contributed by atoms with Crippen molar-refractivity contribution in [2.24, 2.45) is 5.92 Å². The molecule has 1 amide bonds. The molecule has 4 nitrogen and oxygen atoms in total. The molecule has 0 aromatic heterocycles. The van der Waals surface area contributed by atoms with Gasteiger partial charge in [-0.2, -0.15) is 4.74 Å². The van der Waals surface area contributed by atoms with Gasteiger partial charge in [0.2, 0.25) is 0 Å². The van der Waals surface area contributed by atoms with Crippen molar-refractivity contribution in [1.82, 2.24) is 4.90 Å². The molecule has 19 heavy (non-hydrogen) atoms. The standard InChI is InChI=1S/C14H17BrN2O2/c1-9(2)14(3)16(4)13(18)12(17(14)19)10-7-5-6-8-11(10)15/h5-9H,1-4H3/t14-/m0/s1. The Labute approximate surface area is 121 Å². The molecular weight excluding hydrogens is 308 g/mol. The molecule has 0 aliphatic carbocycles. The van der Waals surface area contributed by atoms with Crippen molar-refractivity contribution in [3.8, 4) is 0 Å². The molecule has 0 saturated carbocycles. The lowest BCUT2D eigenvalue weighted by Gasteiger charge is -2.32. The molecule has 0 spiro atoms. The van der Waals surface area contributed by atoms with Crippen molar-refractivity contribution in [2.75, 3.05) is 7.05 Å². The Hall–Kier alpha value is -1.36. The molecule has 0 radical (unpaired) electrons. The molecule has 1 aromatic rings. The fourth-order valence-corrected chi connectivity index (χ4v) is 2.79. The van der Waals surface area contributed by atoms with Crippen molar-refractivity contribution in [3.05, 3.63) is 39.5 Å². The van der Waals surface area contributed by atoms with E-state index in [0.29, 0.717) is 5.56 Å². The SMILES string of the molecule is CC(C)[C@@]1(C)N(C)C(=O)C(c2ccccc2Br)=[N+]1[O-]. The Morgan fingerprint density at radius 1 is 1.37 bits per heavy atom. The van der Waals surface area contributed by atoms with Crippen molar-refractivity contribution < 1.29 is 9.53 Å². The first-order valence-electron chi connectivity index (χ1n) is 6.19. The number of carbonyl (C=O) groups is 1. The van der Waals surface area contributed by atoms with E-state index in [1.54, 1.807) is 20.0 Å². The number of amides is 1. The van der Waals surface area contributed by atoms with E-state index >= 15 is 0 Å². The fraction of sp³-hybridized carbons (Fsp3) is 0.429. The number of likely N-dealkylation sites (N-methyl/N-ethyl adjacent to an activating group) is 1. The maximum atomic E-state index is 12.6. The van der Waals surface area contributed by atoms with Crippen molar-refractivity contribution in [2.45, 2.75) is 26.4 Å². The minimum absolute atomic E-state index is 0.0268. The third-order valence-electron chi connectivity index (χ3n) is 4.02. The summed E-state index contributed by atoms with van der Waals surface area (Å²) in [5.41, 5.74) is -0.00767. The summed E-state index contributed by atoms with van der Waals surface area (Å²) in [7, 11) is 1.68. The number of carbonyl (C=O) groups excluding carboxylic acids is 1. The lowest BCUT2D eigenvalue weighted by Crippen LogP contribution is -2.51. The maximum Gasteiger partial charge on any atom is 0.325 e. The Bertz CT molecular complexity index is 568. The summed E-state index contributed by atoms with van der Waals surface area (Å²) in [6, 6.07) is 7.28. The zero-order valence-corrected chi connectivity index (χ0v) is 13.1. The molecule has 1 aliphatic heterocycles. The predicted octanol–water partition coefficient (Wildman–Crippen LogP) is 2.59. The third-order valence-corrected chi connectivity index (χ3v) is 4.71. The van der Waals surface area contributed by atoms with E-state index in [0.717, 1.165) is 9.21 Å². The van der Waals surface area contributed by atoms with Gasteiger partial charge >= 0.3 is 5.91 Å². The second kappa shape index (κ2) is 4.63. The van der Waals surface area contributed by atoms with Gasteiger partial charge in [-0.3, -0.25) is 9.69 Å². The van der Waals surface area contributed by atoms with Gasteiger partial charge in [-0.1, -0.05) is 26.0 Å². The number of hydrogen-bond donors (Lipinski definition) is 0. The smallest absolute Gasteiger partial charge is 0.325 e. The minimum atomic E-state index is -0.846. The average Bonchev–Trinajstić information content (AvgIpc) is 2.54. The number of hydroxylamine groups is 1. The van der Waals surface area contributed by atoms with Crippen molar-refractivity contribution in [1.29, 1.82) is 0 Å². The molecule has 0 bridgehead atoms. The second-order valence-electron chi connectivity index (χ2n) is 5.24. The first kappa shape index (κ1) is 14.1. The van der Waals surface area contributed by atoms with E-state index in [1.165, 1.54) is 4.90 Å². The van der Waals surface area contributed by atoms with Crippen LogP contribution in [0.4, 0.5) is 0 Å². The zero-order chi connectivity index (χ0) is 14.4. The van der Waals surface area contributed by atoms with Gasteiger partial charge in [0.1, 0.15) is 0 Å². The first-order valence-corrected chi connectivity index (χ1v) is 6.98. The van der Waals surface area contributed by atoms with Gasteiger partial charge < -0.3 is 5.21 Å². The van der Waals surface area contributed by atoms with Crippen LogP contribution in [0.1, 0.15) is 26.3 Å². The van der Waals surface area contributed by atoms with Crippen molar-refractivity contribution in [3.63, 3.8) is 0 Å². The molecule has 5 heteroatoms. The molecule has 1 heterocycles. The lowest BCUT2D eigenvalue weighted by atomic mass is 9.98. The van der Waals surface area contributed by atoms with E-state index in [4.69, 9.17) is 0 Å². The van der Waals surface area contributed by atoms with Crippen LogP contribution < -0.4 is 0 Å². The number of rotatable bonds is 2. The number of hydrogen-bond acceptors (Lipinski definition) is 2. The third kappa shape index (κ3) is 1.87. The Morgan fingerprint density at radius 2 is 1.95 bits per heavy atom. The highest BCUT2D eigenvalue weighted by atomic mass is 79.9. The zero-order valence-electron chi connectivity index (χ0n) is 11.5. The summed E-state index contributed by atoms with van der Waals surface area (Å²) in [5.74, 6) is -0.211. The summed E-state index contributed by atoms with van der Waals surface area (Å²) < 4.78 is 1.60. The summed E-state index contributed by atoms with van der Waals surface area (Å²) >= 11 is 3.40. The molecule has 1 atom stereocenters. The molecule has 0 N–H and O–H groups in total. The first-order chi connectivity index (χ1) is 8.81. The Balaban J connectivity index is 2.66. The number of nitrogens with zero attached hydrogens (tertiary/aromatic N) is 2. The van der Waals surface area contributed by atoms with Gasteiger partial charge in [0.05, 0.1) is 5.56 Å². The highest BCUT2D eigenvalue weighted by Crippen LogP contribution is 2.32. The maximum absolute atomic E-state index is 12.6. The largest absolute Gasteiger partial charge is 0.621 e. The highest BCUT2D eigenvalue weighted by molar-refractivity contribution is 9.10. The van der Waals surface area contributed by atoms with Crippen LogP contribution in [0.5, 0.6) is 0 Å². The van der Waals surface area contributed by atoms with Crippen LogP contribution in [-0.4, -0.2) is 34.0 Å². The monoisotopic (exact) mass is 324 g/mol. The highest BCUT2D eigenvalue weighted by Gasteiger charge is 2.54. The van der Waals surface area contributed by atoms with E-state index < -0.39 is 5.66 Å². The van der Waals surface area contributed by atoms with E-state index in [-0.39, 0.29) is 17.5 Å². The quantitative estimate of drug-likeness (QED) is 0.620. The van der Waals surface area contributed by atoms with Gasteiger partial charge in [0.25, 0.3) is 11.4 Å². The molecule has 2 rings (SSSR count). The molecule has 0 fully saturated rings. The van der Waals surface area contributed by atoms with Crippen LogP contribution in [0.15, 0.2) is 28.7 Å². The molecule has 1 aromatic carbocycles. The fourth-order valence-electron chi connectivity index (χ4n) is 2.31. The molecule has 0 saturated heterocycles. The van der Waals surface area contributed by atoms with Crippen LogP contribution >= 0.6 is 15.9 Å². The lowest BCUT2D eigenvalue weighted by molar-refractivity contribution is -0.570. The summed E-state index contributed by atoms with van der Waals surface area (Å²) in [5, 5.41) is 12.6. The topological polar surface area (TPSA) is 46.4 Å². The van der Waals surface area contributed by atoms with Crippen LogP contribution in [0.3, 0.4) is 0 Å². The minimum Gasteiger partial charge on any atom is -0.621 e. The second-order valence-corrected chi connectivity index (χ2v) is 6.09. The Kier molecular flexibility index (Phi) is 3.43. The Morgan fingerprint density at radius 3 is 2.42 bits per heavy atom. The van der Waals surface area contributed by atoms with Crippen LogP contribution in [0.25, 0.3) is 0 Å².